The van der Waals surface area contributed by atoms with E-state index in [1.165, 1.54) is 12.1 Å². The molecule has 2 N–H and O–H groups in total. The van der Waals surface area contributed by atoms with Crippen LogP contribution in [0.4, 0.5) is 4.39 Å². The minimum atomic E-state index is -0.236. The van der Waals surface area contributed by atoms with Crippen LogP contribution in [0, 0.1) is 5.82 Å². The molecule has 0 fully saturated rings. The maximum absolute atomic E-state index is 13.0. The van der Waals surface area contributed by atoms with Crippen LogP contribution in [0.25, 0.3) is 0 Å². The Balaban J connectivity index is 0.00000312. The number of nitrogens with zero attached hydrogens (tertiary/aromatic N) is 2. The third-order valence-corrected chi connectivity index (χ3v) is 3.64. The number of furan rings is 1. The van der Waals surface area contributed by atoms with Gasteiger partial charge in [-0.15, -0.1) is 24.0 Å². The molecule has 1 aromatic carbocycles. The molecule has 0 aliphatic rings. The van der Waals surface area contributed by atoms with Crippen molar-refractivity contribution in [3.05, 3.63) is 59.8 Å². The third-order valence-electron chi connectivity index (χ3n) is 3.64. The van der Waals surface area contributed by atoms with Gasteiger partial charge in [0.25, 0.3) is 0 Å². The minimum Gasteiger partial charge on any atom is -0.468 e. The van der Waals surface area contributed by atoms with Crippen molar-refractivity contribution in [1.82, 2.24) is 15.5 Å². The van der Waals surface area contributed by atoms with Crippen LogP contribution in [0.5, 0.6) is 0 Å². The number of halogens is 2. The molecule has 1 unspecified atom stereocenters. The zero-order valence-corrected chi connectivity index (χ0v) is 17.2. The highest BCUT2D eigenvalue weighted by Crippen LogP contribution is 2.17. The number of nitrogens with one attached hydrogen (secondary N) is 2. The van der Waals surface area contributed by atoms with Gasteiger partial charge in [0.1, 0.15) is 11.6 Å². The van der Waals surface area contributed by atoms with Gasteiger partial charge in [0, 0.05) is 13.1 Å². The zero-order chi connectivity index (χ0) is 17.4. The molecular formula is C18H26FIN4O. The summed E-state index contributed by atoms with van der Waals surface area (Å²) < 4.78 is 18.5. The van der Waals surface area contributed by atoms with Crippen LogP contribution in [-0.4, -0.2) is 38.0 Å². The van der Waals surface area contributed by atoms with Crippen molar-refractivity contribution >= 4 is 29.9 Å². The Morgan fingerprint density at radius 1 is 1.20 bits per heavy atom. The van der Waals surface area contributed by atoms with E-state index in [9.17, 15) is 4.39 Å². The first kappa shape index (κ1) is 21.4. The first-order chi connectivity index (χ1) is 11.6. The molecule has 25 heavy (non-hydrogen) atoms. The molecule has 0 aliphatic carbocycles. The van der Waals surface area contributed by atoms with Crippen molar-refractivity contribution in [2.24, 2.45) is 4.99 Å². The summed E-state index contributed by atoms with van der Waals surface area (Å²) >= 11 is 0. The second-order valence-corrected chi connectivity index (χ2v) is 5.70. The molecule has 5 nitrogen and oxygen atoms in total. The van der Waals surface area contributed by atoms with E-state index in [4.69, 9.17) is 4.42 Å². The van der Waals surface area contributed by atoms with Crippen LogP contribution in [0.15, 0.2) is 52.1 Å². The largest absolute Gasteiger partial charge is 0.468 e. The van der Waals surface area contributed by atoms with Gasteiger partial charge in [0.05, 0.1) is 18.8 Å². The second-order valence-electron chi connectivity index (χ2n) is 5.70. The lowest BCUT2D eigenvalue weighted by Crippen LogP contribution is -2.41. The molecule has 0 saturated heterocycles. The third kappa shape index (κ3) is 7.03. The Hall–Kier alpha value is -1.61. The highest BCUT2D eigenvalue weighted by molar-refractivity contribution is 14.0. The molecule has 138 valence electrons. The Kier molecular flexibility index (Phi) is 9.51. The number of hydrogen-bond acceptors (Lipinski definition) is 3. The van der Waals surface area contributed by atoms with Gasteiger partial charge in [0.2, 0.25) is 0 Å². The second kappa shape index (κ2) is 11.1. The monoisotopic (exact) mass is 460 g/mol. The summed E-state index contributed by atoms with van der Waals surface area (Å²) in [6.45, 7) is 3.94. The standard InChI is InChI=1S/C18H25FN4O.HI/c1-4-20-18(21-12-14-7-9-15(19)10-8-14)22-13-16(23(2)3)17-6-5-11-24-17;/h5-11,16H,4,12-13H2,1-3H3,(H2,20,21,22);1H. The summed E-state index contributed by atoms with van der Waals surface area (Å²) in [5, 5.41) is 6.55. The summed E-state index contributed by atoms with van der Waals surface area (Å²) in [4.78, 5) is 6.64. The van der Waals surface area contributed by atoms with Crippen molar-refractivity contribution < 1.29 is 8.81 Å². The van der Waals surface area contributed by atoms with Gasteiger partial charge in [-0.05, 0) is 50.8 Å². The Morgan fingerprint density at radius 3 is 2.48 bits per heavy atom. The highest BCUT2D eigenvalue weighted by Gasteiger charge is 2.17. The topological polar surface area (TPSA) is 52.8 Å². The first-order valence-electron chi connectivity index (χ1n) is 8.06. The van der Waals surface area contributed by atoms with Crippen LogP contribution in [0.3, 0.4) is 0 Å². The van der Waals surface area contributed by atoms with Crippen molar-refractivity contribution in [1.29, 1.82) is 0 Å². The lowest BCUT2D eigenvalue weighted by Gasteiger charge is -2.23. The summed E-state index contributed by atoms with van der Waals surface area (Å²) in [6.07, 6.45) is 1.68. The molecule has 2 aromatic rings. The van der Waals surface area contributed by atoms with Gasteiger partial charge in [-0.25, -0.2) is 9.38 Å². The molecule has 1 atom stereocenters. The smallest absolute Gasteiger partial charge is 0.191 e. The maximum atomic E-state index is 13.0. The normalized spacial score (nSPS) is 12.6. The van der Waals surface area contributed by atoms with E-state index in [1.807, 2.05) is 33.2 Å². The van der Waals surface area contributed by atoms with Crippen LogP contribution >= 0.6 is 24.0 Å². The SMILES string of the molecule is CCNC(=NCc1ccc(F)cc1)NCC(c1ccco1)N(C)C.I. The van der Waals surface area contributed by atoms with Crippen molar-refractivity contribution in [2.45, 2.75) is 19.5 Å². The van der Waals surface area contributed by atoms with E-state index in [2.05, 4.69) is 20.5 Å². The maximum Gasteiger partial charge on any atom is 0.191 e. The molecule has 2 rings (SSSR count). The Labute approximate surface area is 165 Å². The number of benzene rings is 1. The fourth-order valence-electron chi connectivity index (χ4n) is 2.31. The predicted octanol–water partition coefficient (Wildman–Crippen LogP) is 3.39. The molecule has 1 aromatic heterocycles. The summed E-state index contributed by atoms with van der Waals surface area (Å²) in [5.41, 5.74) is 0.962. The van der Waals surface area contributed by atoms with Crippen LogP contribution in [-0.2, 0) is 6.54 Å². The number of rotatable bonds is 7. The van der Waals surface area contributed by atoms with Gasteiger partial charge in [-0.2, -0.15) is 0 Å². The summed E-state index contributed by atoms with van der Waals surface area (Å²) in [5.74, 6) is 1.39. The quantitative estimate of drug-likeness (QED) is 0.378. The van der Waals surface area contributed by atoms with Crippen LogP contribution in [0.1, 0.15) is 24.3 Å². The number of aliphatic imine (C=N–C) groups is 1. The van der Waals surface area contributed by atoms with E-state index < -0.39 is 0 Å². The lowest BCUT2D eigenvalue weighted by molar-refractivity contribution is 0.258. The first-order valence-corrected chi connectivity index (χ1v) is 8.06. The zero-order valence-electron chi connectivity index (χ0n) is 14.8. The van der Waals surface area contributed by atoms with E-state index in [-0.39, 0.29) is 35.8 Å². The average molecular weight is 460 g/mol. The Morgan fingerprint density at radius 2 is 1.92 bits per heavy atom. The minimum absolute atomic E-state index is 0. The lowest BCUT2D eigenvalue weighted by atomic mass is 10.2. The van der Waals surface area contributed by atoms with Gasteiger partial charge >= 0.3 is 0 Å². The number of hydrogen-bond donors (Lipinski definition) is 2. The molecular weight excluding hydrogens is 434 g/mol. The molecule has 0 spiro atoms. The number of likely N-dealkylation sites (N-methyl/N-ethyl adjacent to an activating group) is 1. The van der Waals surface area contributed by atoms with E-state index in [0.29, 0.717) is 13.1 Å². The van der Waals surface area contributed by atoms with E-state index >= 15 is 0 Å². The predicted molar refractivity (Wildman–Crippen MR) is 110 cm³/mol. The summed E-state index contributed by atoms with van der Waals surface area (Å²) in [7, 11) is 4.02. The molecule has 0 saturated carbocycles. The van der Waals surface area contributed by atoms with Crippen LogP contribution < -0.4 is 10.6 Å². The van der Waals surface area contributed by atoms with Gasteiger partial charge < -0.3 is 15.1 Å². The molecule has 0 bridgehead atoms. The van der Waals surface area contributed by atoms with Gasteiger partial charge in [-0.1, -0.05) is 12.1 Å². The molecule has 0 amide bonds. The Bertz CT molecular complexity index is 629. The van der Waals surface area contributed by atoms with Crippen LogP contribution in [0.2, 0.25) is 0 Å². The molecule has 1 heterocycles. The fourth-order valence-corrected chi connectivity index (χ4v) is 2.31. The summed E-state index contributed by atoms with van der Waals surface area (Å²) in [6, 6.07) is 10.3. The highest BCUT2D eigenvalue weighted by atomic mass is 127. The van der Waals surface area contributed by atoms with E-state index in [0.717, 1.165) is 23.8 Å². The van der Waals surface area contributed by atoms with Crippen molar-refractivity contribution in [3.8, 4) is 0 Å². The fraction of sp³-hybridized carbons (Fsp3) is 0.389. The van der Waals surface area contributed by atoms with Crippen molar-refractivity contribution in [3.63, 3.8) is 0 Å². The van der Waals surface area contributed by atoms with Gasteiger partial charge in [0.15, 0.2) is 5.96 Å². The molecule has 7 heteroatoms. The molecule has 0 radical (unpaired) electrons. The van der Waals surface area contributed by atoms with Crippen molar-refractivity contribution in [2.75, 3.05) is 27.2 Å². The number of guanidine groups is 1. The average Bonchev–Trinajstić information content (AvgIpc) is 3.08. The van der Waals surface area contributed by atoms with Gasteiger partial charge in [-0.3, -0.25) is 4.90 Å². The van der Waals surface area contributed by atoms with E-state index in [1.54, 1.807) is 18.4 Å². The molecule has 0 aliphatic heterocycles.